The molecule has 0 fully saturated rings. The number of carbonyl (C=O) groups is 4. The standard InChI is InChI=1S/C17H19NO.C9H10O2.C8H11N.C8H8O3.C7H5BrO2.6C2H6/c1-4-14-9-5-6-11-16(14)17(19)18(3)15-10-7-8-13(2)12-15;1-2-7-5-3-4-6-8(7)9(10)11;1-7-4-3-5-8(6-7)9-2;1-11-8(10)6-4-2-3-5-7(6)9;8-6-4-2-1-3-5(6)7(9)10;6*1-2/h5-12H,4H2,1-3H3;3-6H,2H2,1H3,(H,10,11);3-6,9H,1-2H3;2-5,9H,1H3;1-4H,(H,9,10);6*1-2H3. The van der Waals surface area contributed by atoms with Crippen molar-refractivity contribution < 1.29 is 39.2 Å². The second-order valence-electron chi connectivity index (χ2n) is 12.9. The van der Waals surface area contributed by atoms with Gasteiger partial charge in [-0.2, -0.15) is 0 Å². The lowest BCUT2D eigenvalue weighted by Gasteiger charge is -2.19. The summed E-state index contributed by atoms with van der Waals surface area (Å²) >= 11 is 3.12. The molecule has 0 saturated heterocycles. The minimum Gasteiger partial charge on any atom is -0.507 e. The molecular formula is C61H89BrN2O8. The van der Waals surface area contributed by atoms with Crippen LogP contribution in [-0.4, -0.2) is 60.3 Å². The summed E-state index contributed by atoms with van der Waals surface area (Å²) in [7, 11) is 5.02. The maximum absolute atomic E-state index is 12.6. The highest BCUT2D eigenvalue weighted by atomic mass is 79.9. The van der Waals surface area contributed by atoms with Crippen LogP contribution in [0.4, 0.5) is 11.4 Å². The van der Waals surface area contributed by atoms with Crippen LogP contribution in [0.25, 0.3) is 0 Å². The third kappa shape index (κ3) is 30.8. The maximum atomic E-state index is 12.6. The van der Waals surface area contributed by atoms with Gasteiger partial charge < -0.3 is 30.3 Å². The molecule has 0 heterocycles. The molecule has 0 aliphatic carbocycles. The summed E-state index contributed by atoms with van der Waals surface area (Å²) in [5.41, 5.74) is 8.21. The Morgan fingerprint density at radius 2 is 0.917 bits per heavy atom. The molecule has 0 radical (unpaired) electrons. The lowest BCUT2D eigenvalue weighted by molar-refractivity contribution is 0.0595. The lowest BCUT2D eigenvalue weighted by atomic mass is 10.0. The molecule has 0 atom stereocenters. The van der Waals surface area contributed by atoms with E-state index in [1.807, 2.05) is 184 Å². The Balaban J connectivity index is -0.000000252. The number of ether oxygens (including phenoxy) is 1. The van der Waals surface area contributed by atoms with E-state index >= 15 is 0 Å². The Labute approximate surface area is 443 Å². The first-order valence-electron chi connectivity index (χ1n) is 25.0. The van der Waals surface area contributed by atoms with Gasteiger partial charge in [0.2, 0.25) is 0 Å². The average Bonchev–Trinajstić information content (AvgIpc) is 3.44. The number of phenolic OH excluding ortho intramolecular Hbond substituents is 1. The smallest absolute Gasteiger partial charge is 0.341 e. The van der Waals surface area contributed by atoms with Crippen LogP contribution in [0.2, 0.25) is 0 Å². The number of aromatic hydroxyl groups is 1. The van der Waals surface area contributed by atoms with E-state index in [4.69, 9.17) is 15.3 Å². The molecule has 6 rings (SSSR count). The highest BCUT2D eigenvalue weighted by Gasteiger charge is 2.16. The molecule has 398 valence electrons. The number of amides is 1. The molecule has 72 heavy (non-hydrogen) atoms. The van der Waals surface area contributed by atoms with Gasteiger partial charge in [0.15, 0.2) is 0 Å². The minimum absolute atomic E-state index is 0.0445. The van der Waals surface area contributed by atoms with Crippen LogP contribution in [-0.2, 0) is 17.6 Å². The predicted octanol–water partition coefficient (Wildman–Crippen LogP) is 17.3. The number of benzene rings is 6. The van der Waals surface area contributed by atoms with E-state index in [2.05, 4.69) is 52.0 Å². The number of aromatic carboxylic acids is 2. The highest BCUT2D eigenvalue weighted by molar-refractivity contribution is 9.10. The molecule has 0 spiro atoms. The first-order valence-corrected chi connectivity index (χ1v) is 25.8. The molecule has 1 amide bonds. The Morgan fingerprint density at radius 3 is 1.28 bits per heavy atom. The summed E-state index contributed by atoms with van der Waals surface area (Å²) in [6.45, 7) is 32.1. The molecule has 0 aromatic heterocycles. The van der Waals surface area contributed by atoms with Crippen molar-refractivity contribution in [3.8, 4) is 5.75 Å². The van der Waals surface area contributed by atoms with Crippen molar-refractivity contribution in [2.75, 3.05) is 31.4 Å². The van der Waals surface area contributed by atoms with Crippen molar-refractivity contribution >= 4 is 51.1 Å². The van der Waals surface area contributed by atoms with E-state index < -0.39 is 17.9 Å². The first kappa shape index (κ1) is 74.2. The molecule has 0 aliphatic heterocycles. The number of hydrogen-bond donors (Lipinski definition) is 4. The largest absolute Gasteiger partial charge is 0.507 e. The summed E-state index contributed by atoms with van der Waals surface area (Å²) in [6, 6.07) is 44.1. The number of aryl methyl sites for hydroxylation is 4. The van der Waals surface area contributed by atoms with Gasteiger partial charge >= 0.3 is 17.9 Å². The number of nitrogens with one attached hydrogen (secondary N) is 1. The number of carboxylic acid groups (broad SMARTS) is 2. The number of carbonyl (C=O) groups excluding carboxylic acids is 2. The molecule has 11 heteroatoms. The fraction of sp³-hybridized carbons (Fsp3) is 0.344. The van der Waals surface area contributed by atoms with Crippen molar-refractivity contribution in [3.05, 3.63) is 195 Å². The fourth-order valence-electron chi connectivity index (χ4n) is 5.40. The van der Waals surface area contributed by atoms with Gasteiger partial charge in [0.05, 0.1) is 18.2 Å². The van der Waals surface area contributed by atoms with Crippen LogP contribution in [0.1, 0.15) is 161 Å². The number of rotatable bonds is 8. The van der Waals surface area contributed by atoms with Gasteiger partial charge in [-0.05, 0) is 126 Å². The SMILES string of the molecule is CC.CC.CC.CC.CC.CC.CCc1ccccc1C(=O)N(C)c1cccc(C)c1.CCc1ccccc1C(=O)O.CNc1cccc(C)c1.COC(=O)c1ccccc1O.O=C(O)c1ccccc1Br. The topological polar surface area (TPSA) is 153 Å². The van der Waals surface area contributed by atoms with Crippen LogP contribution in [0.3, 0.4) is 0 Å². The zero-order chi connectivity index (χ0) is 56.6. The highest BCUT2D eigenvalue weighted by Crippen LogP contribution is 2.20. The van der Waals surface area contributed by atoms with Gasteiger partial charge in [0.25, 0.3) is 5.91 Å². The number of phenols is 1. The molecule has 6 aromatic carbocycles. The van der Waals surface area contributed by atoms with E-state index in [9.17, 15) is 19.2 Å². The van der Waals surface area contributed by atoms with Crippen molar-refractivity contribution in [3.63, 3.8) is 0 Å². The Morgan fingerprint density at radius 1 is 0.528 bits per heavy atom. The number of halogens is 1. The number of carboxylic acids is 2. The summed E-state index contributed by atoms with van der Waals surface area (Å²) in [4.78, 5) is 46.1. The van der Waals surface area contributed by atoms with Gasteiger partial charge in [0, 0.05) is 35.5 Å². The Bertz CT molecular complexity index is 2310. The van der Waals surface area contributed by atoms with Gasteiger partial charge in [-0.3, -0.25) is 4.79 Å². The first-order chi connectivity index (χ1) is 34.7. The van der Waals surface area contributed by atoms with E-state index in [-0.39, 0.29) is 17.2 Å². The number of para-hydroxylation sites is 1. The number of methoxy groups -OCH3 is 1. The Hall–Kier alpha value is -6.72. The van der Waals surface area contributed by atoms with Gasteiger partial charge in [-0.1, -0.05) is 182 Å². The van der Waals surface area contributed by atoms with Crippen LogP contribution in [0.15, 0.2) is 150 Å². The maximum Gasteiger partial charge on any atom is 0.341 e. The van der Waals surface area contributed by atoms with E-state index in [0.29, 0.717) is 15.6 Å². The van der Waals surface area contributed by atoms with Crippen molar-refractivity contribution in [1.29, 1.82) is 0 Å². The zero-order valence-corrected chi connectivity index (χ0v) is 48.6. The number of hydrogen-bond acceptors (Lipinski definition) is 7. The summed E-state index contributed by atoms with van der Waals surface area (Å²) < 4.78 is 5.03. The number of esters is 1. The van der Waals surface area contributed by atoms with Crippen LogP contribution in [0.5, 0.6) is 5.75 Å². The van der Waals surface area contributed by atoms with Crippen LogP contribution < -0.4 is 10.2 Å². The second kappa shape index (κ2) is 49.3. The normalized spacial score (nSPS) is 8.50. The molecule has 4 N–H and O–H groups in total. The molecular weight excluding hydrogens is 969 g/mol. The summed E-state index contributed by atoms with van der Waals surface area (Å²) in [6.07, 6.45) is 1.63. The molecule has 10 nitrogen and oxygen atoms in total. The average molecular weight is 1060 g/mol. The van der Waals surface area contributed by atoms with E-state index in [1.54, 1.807) is 53.4 Å². The minimum atomic E-state index is -0.910. The van der Waals surface area contributed by atoms with E-state index in [0.717, 1.165) is 40.8 Å². The van der Waals surface area contributed by atoms with Crippen LogP contribution >= 0.6 is 15.9 Å². The molecule has 0 bridgehead atoms. The number of nitrogens with zero attached hydrogens (tertiary/aromatic N) is 1. The fourth-order valence-corrected chi connectivity index (χ4v) is 5.85. The van der Waals surface area contributed by atoms with Gasteiger partial charge in [-0.25, -0.2) is 14.4 Å². The number of anilines is 2. The third-order valence-electron chi connectivity index (χ3n) is 8.67. The second-order valence-corrected chi connectivity index (χ2v) is 13.8. The quantitative estimate of drug-likeness (QED) is 0.109. The van der Waals surface area contributed by atoms with Crippen molar-refractivity contribution in [2.24, 2.45) is 0 Å². The lowest BCUT2D eigenvalue weighted by Crippen LogP contribution is -2.27. The van der Waals surface area contributed by atoms with E-state index in [1.165, 1.54) is 30.5 Å². The van der Waals surface area contributed by atoms with Gasteiger partial charge in [0.1, 0.15) is 11.3 Å². The summed E-state index contributed by atoms with van der Waals surface area (Å²) in [5.74, 6) is -2.29. The molecule has 0 saturated carbocycles. The van der Waals surface area contributed by atoms with Crippen molar-refractivity contribution in [2.45, 2.75) is 124 Å². The predicted molar refractivity (Wildman–Crippen MR) is 312 cm³/mol. The molecule has 0 aliphatic rings. The molecule has 0 unspecified atom stereocenters. The van der Waals surface area contributed by atoms with Crippen molar-refractivity contribution in [1.82, 2.24) is 0 Å². The van der Waals surface area contributed by atoms with Crippen LogP contribution in [0, 0.1) is 13.8 Å². The Kier molecular flexibility index (Phi) is 50.8. The monoisotopic (exact) mass is 1060 g/mol. The third-order valence-corrected chi connectivity index (χ3v) is 9.36. The zero-order valence-electron chi connectivity index (χ0n) is 47.0. The molecule has 6 aromatic rings. The summed E-state index contributed by atoms with van der Waals surface area (Å²) in [5, 5.41) is 29.4. The van der Waals surface area contributed by atoms with Gasteiger partial charge in [-0.15, -0.1) is 0 Å².